The number of allylic oxidation sites excluding steroid dienone is 1. The van der Waals surface area contributed by atoms with Gasteiger partial charge in [-0.25, -0.2) is 0 Å². The van der Waals surface area contributed by atoms with Crippen molar-refractivity contribution < 1.29 is 0 Å². The van der Waals surface area contributed by atoms with Gasteiger partial charge in [-0.3, -0.25) is 4.98 Å². The van der Waals surface area contributed by atoms with Gasteiger partial charge in [-0.2, -0.15) is 0 Å². The summed E-state index contributed by atoms with van der Waals surface area (Å²) in [5, 5.41) is 0. The molecule has 2 N–H and O–H groups in total. The summed E-state index contributed by atoms with van der Waals surface area (Å²) >= 11 is 0. The molecular weight excluding hydrogens is 184 g/mol. The van der Waals surface area contributed by atoms with E-state index in [1.54, 1.807) is 0 Å². The van der Waals surface area contributed by atoms with Crippen LogP contribution in [0.25, 0.3) is 0 Å². The highest BCUT2D eigenvalue weighted by molar-refractivity contribution is 5.30. The number of pyridine rings is 1. The van der Waals surface area contributed by atoms with Crippen molar-refractivity contribution in [2.24, 2.45) is 5.73 Å². The number of aromatic nitrogens is 1. The Balaban J connectivity index is 2.23. The highest BCUT2D eigenvalue weighted by Crippen LogP contribution is 2.28. The van der Waals surface area contributed by atoms with E-state index < -0.39 is 0 Å². The smallest absolute Gasteiger partial charge is 0.0528 e. The molecule has 0 bridgehead atoms. The maximum absolute atomic E-state index is 6.26. The van der Waals surface area contributed by atoms with E-state index in [-0.39, 0.29) is 6.04 Å². The van der Waals surface area contributed by atoms with Crippen molar-refractivity contribution in [2.75, 3.05) is 0 Å². The van der Waals surface area contributed by atoms with Crippen LogP contribution in [0.4, 0.5) is 0 Å². The normalized spacial score (nSPS) is 18.4. The van der Waals surface area contributed by atoms with Gasteiger partial charge in [-0.05, 0) is 44.2 Å². The zero-order valence-corrected chi connectivity index (χ0v) is 9.24. The van der Waals surface area contributed by atoms with Crippen molar-refractivity contribution in [3.63, 3.8) is 0 Å². The van der Waals surface area contributed by atoms with Crippen molar-refractivity contribution in [3.8, 4) is 0 Å². The summed E-state index contributed by atoms with van der Waals surface area (Å²) in [5.41, 5.74) is 9.87. The van der Waals surface area contributed by atoms with Crippen LogP contribution in [0.1, 0.15) is 43.0 Å². The molecule has 0 amide bonds. The number of hydrogen-bond acceptors (Lipinski definition) is 2. The third-order valence-corrected chi connectivity index (χ3v) is 3.11. The predicted molar refractivity (Wildman–Crippen MR) is 62.5 cm³/mol. The molecular formula is C13H18N2. The molecule has 0 saturated heterocycles. The van der Waals surface area contributed by atoms with Gasteiger partial charge < -0.3 is 5.73 Å². The summed E-state index contributed by atoms with van der Waals surface area (Å²) in [4.78, 5) is 4.29. The third-order valence-electron chi connectivity index (χ3n) is 3.11. The maximum Gasteiger partial charge on any atom is 0.0528 e. The molecule has 15 heavy (non-hydrogen) atoms. The molecule has 1 atom stereocenters. The Bertz CT molecular complexity index is 369. The lowest BCUT2D eigenvalue weighted by atomic mass is 9.90. The van der Waals surface area contributed by atoms with Crippen LogP contribution in [0.5, 0.6) is 0 Å². The Morgan fingerprint density at radius 3 is 2.93 bits per heavy atom. The van der Waals surface area contributed by atoms with Crippen molar-refractivity contribution in [2.45, 2.75) is 38.6 Å². The first kappa shape index (κ1) is 10.4. The fraction of sp³-hybridized carbons (Fsp3) is 0.462. The van der Waals surface area contributed by atoms with Gasteiger partial charge in [-0.15, -0.1) is 0 Å². The van der Waals surface area contributed by atoms with Gasteiger partial charge in [0.25, 0.3) is 0 Å². The van der Waals surface area contributed by atoms with Crippen molar-refractivity contribution >= 4 is 0 Å². The van der Waals surface area contributed by atoms with Crippen molar-refractivity contribution in [1.29, 1.82) is 0 Å². The SMILES string of the molecule is Cc1ncccc1C(N)C1=CCCCC1. The number of nitrogens with zero attached hydrogens (tertiary/aromatic N) is 1. The van der Waals surface area contributed by atoms with Gasteiger partial charge in [0.15, 0.2) is 0 Å². The molecule has 1 heterocycles. The molecule has 1 aliphatic rings. The lowest BCUT2D eigenvalue weighted by Gasteiger charge is -2.20. The molecule has 0 aliphatic heterocycles. The number of rotatable bonds is 2. The van der Waals surface area contributed by atoms with Crippen LogP contribution in [-0.4, -0.2) is 4.98 Å². The summed E-state index contributed by atoms with van der Waals surface area (Å²) in [5.74, 6) is 0. The van der Waals surface area contributed by atoms with Crippen LogP contribution in [0.3, 0.4) is 0 Å². The summed E-state index contributed by atoms with van der Waals surface area (Å²) in [6, 6.07) is 4.10. The zero-order chi connectivity index (χ0) is 10.7. The fourth-order valence-electron chi connectivity index (χ4n) is 2.17. The highest BCUT2D eigenvalue weighted by atomic mass is 14.7. The van der Waals surface area contributed by atoms with E-state index in [0.717, 1.165) is 12.1 Å². The van der Waals surface area contributed by atoms with E-state index in [0.29, 0.717) is 0 Å². The van der Waals surface area contributed by atoms with Crippen LogP contribution in [-0.2, 0) is 0 Å². The Kier molecular flexibility index (Phi) is 3.17. The molecule has 2 nitrogen and oxygen atoms in total. The lowest BCUT2D eigenvalue weighted by Crippen LogP contribution is -2.16. The maximum atomic E-state index is 6.26. The standard InChI is InChI=1S/C13H18N2/c1-10-12(8-5-9-15-10)13(14)11-6-3-2-4-7-11/h5-6,8-9,13H,2-4,7,14H2,1H3. The molecule has 1 aromatic rings. The van der Waals surface area contributed by atoms with E-state index in [1.807, 2.05) is 19.2 Å². The molecule has 0 saturated carbocycles. The van der Waals surface area contributed by atoms with Crippen LogP contribution >= 0.6 is 0 Å². The van der Waals surface area contributed by atoms with Gasteiger partial charge in [0, 0.05) is 11.9 Å². The minimum absolute atomic E-state index is 0.0546. The van der Waals surface area contributed by atoms with Gasteiger partial charge >= 0.3 is 0 Å². The Morgan fingerprint density at radius 2 is 2.27 bits per heavy atom. The minimum atomic E-state index is 0.0546. The Morgan fingerprint density at radius 1 is 1.40 bits per heavy atom. The fourth-order valence-corrected chi connectivity index (χ4v) is 2.17. The van der Waals surface area contributed by atoms with E-state index in [4.69, 9.17) is 5.73 Å². The van der Waals surface area contributed by atoms with Crippen molar-refractivity contribution in [1.82, 2.24) is 4.98 Å². The Labute approximate surface area is 91.2 Å². The number of aryl methyl sites for hydroxylation is 1. The van der Waals surface area contributed by atoms with Gasteiger partial charge in [0.2, 0.25) is 0 Å². The second kappa shape index (κ2) is 4.58. The second-order valence-corrected chi connectivity index (χ2v) is 4.18. The minimum Gasteiger partial charge on any atom is -0.320 e. The zero-order valence-electron chi connectivity index (χ0n) is 9.24. The number of hydrogen-bond donors (Lipinski definition) is 1. The summed E-state index contributed by atoms with van der Waals surface area (Å²) in [6.07, 6.45) is 9.04. The van der Waals surface area contributed by atoms with Crippen LogP contribution in [0.2, 0.25) is 0 Å². The highest BCUT2D eigenvalue weighted by Gasteiger charge is 2.15. The summed E-state index contributed by atoms with van der Waals surface area (Å²) < 4.78 is 0. The van der Waals surface area contributed by atoms with Gasteiger partial charge in [0.1, 0.15) is 0 Å². The quantitative estimate of drug-likeness (QED) is 0.749. The topological polar surface area (TPSA) is 38.9 Å². The average molecular weight is 202 g/mol. The van der Waals surface area contributed by atoms with Crippen molar-refractivity contribution in [3.05, 3.63) is 41.2 Å². The Hall–Kier alpha value is -1.15. The first-order valence-electron chi connectivity index (χ1n) is 5.65. The lowest BCUT2D eigenvalue weighted by molar-refractivity contribution is 0.645. The molecule has 1 aromatic heterocycles. The largest absolute Gasteiger partial charge is 0.320 e. The molecule has 1 unspecified atom stereocenters. The summed E-state index contributed by atoms with van der Waals surface area (Å²) in [7, 11) is 0. The second-order valence-electron chi connectivity index (χ2n) is 4.18. The van der Waals surface area contributed by atoms with Gasteiger partial charge in [-0.1, -0.05) is 17.7 Å². The van der Waals surface area contributed by atoms with E-state index >= 15 is 0 Å². The predicted octanol–water partition coefficient (Wildman–Crippen LogP) is 2.89. The molecule has 0 spiro atoms. The van der Waals surface area contributed by atoms with E-state index in [1.165, 1.54) is 30.4 Å². The first-order valence-corrected chi connectivity index (χ1v) is 5.65. The molecule has 0 aromatic carbocycles. The molecule has 1 aliphatic carbocycles. The molecule has 2 heteroatoms. The molecule has 0 fully saturated rings. The first-order chi connectivity index (χ1) is 7.29. The number of nitrogens with two attached hydrogens (primary N) is 1. The molecule has 80 valence electrons. The van der Waals surface area contributed by atoms with Crippen LogP contribution in [0.15, 0.2) is 30.0 Å². The van der Waals surface area contributed by atoms with E-state index in [2.05, 4.69) is 17.1 Å². The molecule has 0 radical (unpaired) electrons. The summed E-state index contributed by atoms with van der Waals surface area (Å²) in [6.45, 7) is 2.03. The monoisotopic (exact) mass is 202 g/mol. The average Bonchev–Trinajstić information content (AvgIpc) is 2.30. The van der Waals surface area contributed by atoms with Crippen LogP contribution < -0.4 is 5.73 Å². The van der Waals surface area contributed by atoms with Gasteiger partial charge in [0.05, 0.1) is 6.04 Å². The third kappa shape index (κ3) is 2.26. The molecule has 2 rings (SSSR count). The van der Waals surface area contributed by atoms with E-state index in [9.17, 15) is 0 Å². The van der Waals surface area contributed by atoms with Crippen LogP contribution in [0, 0.1) is 6.92 Å².